The lowest BCUT2D eigenvalue weighted by Crippen LogP contribution is -2.19. The quantitative estimate of drug-likeness (QED) is 0.815. The first-order chi connectivity index (χ1) is 8.42. The van der Waals surface area contributed by atoms with Gasteiger partial charge in [0.25, 0.3) is 0 Å². The zero-order valence-electron chi connectivity index (χ0n) is 10.3. The van der Waals surface area contributed by atoms with Crippen molar-refractivity contribution in [3.63, 3.8) is 0 Å². The van der Waals surface area contributed by atoms with Gasteiger partial charge in [-0.25, -0.2) is 0 Å². The van der Waals surface area contributed by atoms with Crippen molar-refractivity contribution in [2.75, 3.05) is 6.61 Å². The van der Waals surface area contributed by atoms with Crippen molar-refractivity contribution in [1.29, 1.82) is 0 Å². The maximum Gasteiger partial charge on any atom is 0.0593 e. The molecule has 2 aliphatic rings. The Kier molecular flexibility index (Phi) is 3.43. The van der Waals surface area contributed by atoms with Crippen LogP contribution in [0.25, 0.3) is 0 Å². The van der Waals surface area contributed by atoms with Crippen molar-refractivity contribution in [3.05, 3.63) is 18.0 Å². The van der Waals surface area contributed by atoms with Crippen LogP contribution in [0, 0.1) is 0 Å². The van der Waals surface area contributed by atoms with Crippen LogP contribution < -0.4 is 5.32 Å². The van der Waals surface area contributed by atoms with E-state index >= 15 is 0 Å². The van der Waals surface area contributed by atoms with Crippen molar-refractivity contribution in [1.82, 2.24) is 15.1 Å². The average molecular weight is 235 g/mol. The molecule has 0 bridgehead atoms. The highest BCUT2D eigenvalue weighted by molar-refractivity contribution is 5.01. The van der Waals surface area contributed by atoms with Gasteiger partial charge in [0.15, 0.2) is 0 Å². The molecule has 1 unspecified atom stereocenters. The van der Waals surface area contributed by atoms with Gasteiger partial charge in [-0.2, -0.15) is 5.10 Å². The monoisotopic (exact) mass is 235 g/mol. The Balaban J connectivity index is 1.48. The highest BCUT2D eigenvalue weighted by Gasteiger charge is 2.21. The van der Waals surface area contributed by atoms with E-state index in [1.807, 2.05) is 6.20 Å². The number of ether oxygens (including phenoxy) is 1. The second kappa shape index (κ2) is 5.19. The van der Waals surface area contributed by atoms with Crippen LogP contribution >= 0.6 is 0 Å². The molecule has 0 amide bonds. The molecule has 1 saturated carbocycles. The molecule has 3 rings (SSSR count). The highest BCUT2D eigenvalue weighted by atomic mass is 16.5. The number of nitrogens with one attached hydrogen (secondary N) is 1. The lowest BCUT2D eigenvalue weighted by atomic mass is 10.2. The number of hydrogen-bond donors (Lipinski definition) is 1. The number of aryl methyl sites for hydroxylation is 1. The summed E-state index contributed by atoms with van der Waals surface area (Å²) in [6.45, 7) is 2.88. The van der Waals surface area contributed by atoms with E-state index in [2.05, 4.69) is 21.2 Å². The summed E-state index contributed by atoms with van der Waals surface area (Å²) in [5.41, 5.74) is 1.30. The summed E-state index contributed by atoms with van der Waals surface area (Å²) in [6, 6.07) is 2.88. The smallest absolute Gasteiger partial charge is 0.0593 e. The van der Waals surface area contributed by atoms with Gasteiger partial charge in [-0.1, -0.05) is 0 Å². The van der Waals surface area contributed by atoms with Gasteiger partial charge in [0.2, 0.25) is 0 Å². The predicted molar refractivity (Wildman–Crippen MR) is 65.7 cm³/mol. The minimum Gasteiger partial charge on any atom is -0.378 e. The fourth-order valence-electron chi connectivity index (χ4n) is 2.39. The summed E-state index contributed by atoms with van der Waals surface area (Å²) in [4.78, 5) is 0. The fraction of sp³-hybridized carbons (Fsp3) is 0.769. The molecule has 1 N–H and O–H groups in total. The Hall–Kier alpha value is -0.870. The van der Waals surface area contributed by atoms with E-state index in [4.69, 9.17) is 4.74 Å². The normalized spacial score (nSPS) is 24.4. The van der Waals surface area contributed by atoms with Crippen molar-refractivity contribution in [3.8, 4) is 0 Å². The van der Waals surface area contributed by atoms with Gasteiger partial charge in [-0.05, 0) is 38.2 Å². The van der Waals surface area contributed by atoms with Crippen LogP contribution in [0.15, 0.2) is 12.3 Å². The molecule has 1 saturated heterocycles. The van der Waals surface area contributed by atoms with E-state index < -0.39 is 0 Å². The molecule has 2 heterocycles. The van der Waals surface area contributed by atoms with Crippen LogP contribution in [0.3, 0.4) is 0 Å². The lowest BCUT2D eigenvalue weighted by molar-refractivity contribution is 0.0992. The second-order valence-electron chi connectivity index (χ2n) is 5.12. The molecule has 4 heteroatoms. The minimum absolute atomic E-state index is 0.462. The molecule has 4 nitrogen and oxygen atoms in total. The SMILES string of the molecule is c1cc(CNC2CC2)n(CCC2CCCO2)n1. The molecule has 94 valence electrons. The van der Waals surface area contributed by atoms with E-state index in [0.717, 1.165) is 32.2 Å². The standard InChI is InChI=1S/C13H21N3O/c1-2-13(17-9-1)6-8-16-12(5-7-15-16)10-14-11-3-4-11/h5,7,11,13-14H,1-4,6,8-10H2. The summed E-state index contributed by atoms with van der Waals surface area (Å²) in [5.74, 6) is 0. The predicted octanol–water partition coefficient (Wildman–Crippen LogP) is 1.70. The summed E-state index contributed by atoms with van der Waals surface area (Å²) in [6.07, 6.45) is 8.58. The molecule has 1 atom stereocenters. The van der Waals surface area contributed by atoms with Gasteiger partial charge < -0.3 is 10.1 Å². The first-order valence-corrected chi connectivity index (χ1v) is 6.77. The molecule has 17 heavy (non-hydrogen) atoms. The van der Waals surface area contributed by atoms with Crippen LogP contribution in [0.4, 0.5) is 0 Å². The van der Waals surface area contributed by atoms with E-state index in [1.54, 1.807) is 0 Å². The number of hydrogen-bond acceptors (Lipinski definition) is 3. The highest BCUT2D eigenvalue weighted by Crippen LogP contribution is 2.19. The van der Waals surface area contributed by atoms with E-state index in [-0.39, 0.29) is 0 Å². The Morgan fingerprint density at radius 1 is 1.41 bits per heavy atom. The van der Waals surface area contributed by atoms with Crippen LogP contribution in [-0.4, -0.2) is 28.5 Å². The van der Waals surface area contributed by atoms with Gasteiger partial charge in [0.1, 0.15) is 0 Å². The average Bonchev–Trinajstić information content (AvgIpc) is 2.86. The molecule has 0 radical (unpaired) electrons. The third kappa shape index (κ3) is 3.07. The Morgan fingerprint density at radius 2 is 2.35 bits per heavy atom. The van der Waals surface area contributed by atoms with Gasteiger partial charge >= 0.3 is 0 Å². The molecule has 1 aliphatic carbocycles. The van der Waals surface area contributed by atoms with Crippen LogP contribution in [0.2, 0.25) is 0 Å². The zero-order chi connectivity index (χ0) is 11.5. The third-order valence-corrected chi connectivity index (χ3v) is 3.64. The van der Waals surface area contributed by atoms with Crippen LogP contribution in [0.1, 0.15) is 37.8 Å². The zero-order valence-corrected chi connectivity index (χ0v) is 10.3. The van der Waals surface area contributed by atoms with Gasteiger partial charge in [-0.3, -0.25) is 4.68 Å². The Morgan fingerprint density at radius 3 is 3.12 bits per heavy atom. The molecule has 0 aromatic carbocycles. The molecule has 1 aliphatic heterocycles. The van der Waals surface area contributed by atoms with Crippen molar-refractivity contribution < 1.29 is 4.74 Å². The molecule has 1 aromatic heterocycles. The molecular formula is C13H21N3O. The summed E-state index contributed by atoms with van der Waals surface area (Å²) < 4.78 is 7.76. The molecular weight excluding hydrogens is 214 g/mol. The largest absolute Gasteiger partial charge is 0.378 e. The topological polar surface area (TPSA) is 39.1 Å². The van der Waals surface area contributed by atoms with Crippen LogP contribution in [-0.2, 0) is 17.8 Å². The maximum absolute atomic E-state index is 5.64. The number of nitrogens with zero attached hydrogens (tertiary/aromatic N) is 2. The minimum atomic E-state index is 0.462. The van der Waals surface area contributed by atoms with Crippen molar-refractivity contribution in [2.45, 2.75) is 57.3 Å². The van der Waals surface area contributed by atoms with Gasteiger partial charge in [-0.15, -0.1) is 0 Å². The number of rotatable bonds is 6. The molecule has 1 aromatic rings. The summed E-state index contributed by atoms with van der Waals surface area (Å²) >= 11 is 0. The van der Waals surface area contributed by atoms with E-state index in [9.17, 15) is 0 Å². The van der Waals surface area contributed by atoms with Crippen molar-refractivity contribution in [2.24, 2.45) is 0 Å². The second-order valence-corrected chi connectivity index (χ2v) is 5.12. The first-order valence-electron chi connectivity index (χ1n) is 6.77. The van der Waals surface area contributed by atoms with Crippen LogP contribution in [0.5, 0.6) is 0 Å². The number of aromatic nitrogens is 2. The van der Waals surface area contributed by atoms with Crippen molar-refractivity contribution >= 4 is 0 Å². The molecule has 0 spiro atoms. The summed E-state index contributed by atoms with van der Waals surface area (Å²) in [5, 5.41) is 7.93. The third-order valence-electron chi connectivity index (χ3n) is 3.64. The first kappa shape index (κ1) is 11.2. The molecule has 2 fully saturated rings. The van der Waals surface area contributed by atoms with E-state index in [1.165, 1.54) is 31.4 Å². The van der Waals surface area contributed by atoms with Gasteiger partial charge in [0.05, 0.1) is 11.8 Å². The fourth-order valence-corrected chi connectivity index (χ4v) is 2.39. The van der Waals surface area contributed by atoms with Gasteiger partial charge in [0, 0.05) is 31.9 Å². The Labute approximate surface area is 102 Å². The Bertz CT molecular complexity index is 353. The maximum atomic E-state index is 5.64. The lowest BCUT2D eigenvalue weighted by Gasteiger charge is -2.11. The summed E-state index contributed by atoms with van der Waals surface area (Å²) in [7, 11) is 0. The van der Waals surface area contributed by atoms with E-state index in [0.29, 0.717) is 6.10 Å².